The van der Waals surface area contributed by atoms with Crippen molar-refractivity contribution in [3.63, 3.8) is 0 Å². The molecule has 1 aliphatic carbocycles. The molecule has 3 atom stereocenters. The van der Waals surface area contributed by atoms with E-state index in [1.54, 1.807) is 14.0 Å². The molecule has 94 valence electrons. The predicted octanol–water partition coefficient (Wildman–Crippen LogP) is 1.29. The Morgan fingerprint density at radius 3 is 2.81 bits per heavy atom. The summed E-state index contributed by atoms with van der Waals surface area (Å²) in [4.78, 5) is 13.3. The number of urea groups is 1. The Labute approximate surface area is 102 Å². The largest absolute Gasteiger partial charge is 0.392 e. The summed E-state index contributed by atoms with van der Waals surface area (Å²) in [5.41, 5.74) is 0. The molecule has 4 nitrogen and oxygen atoms in total. The van der Waals surface area contributed by atoms with Crippen LogP contribution in [0.3, 0.4) is 0 Å². The average Bonchev–Trinajstić information content (AvgIpc) is 2.64. The van der Waals surface area contributed by atoms with Crippen LogP contribution in [0.15, 0.2) is 0 Å². The van der Waals surface area contributed by atoms with E-state index in [1.807, 2.05) is 11.8 Å². The van der Waals surface area contributed by atoms with Crippen LogP contribution in [-0.4, -0.2) is 53.3 Å². The number of nitrogens with zero attached hydrogens (tertiary/aromatic N) is 1. The molecule has 0 aromatic heterocycles. The highest BCUT2D eigenvalue weighted by atomic mass is 32.2. The number of aliphatic hydroxyl groups excluding tert-OH is 1. The minimum absolute atomic E-state index is 0.0762. The molecule has 2 amide bonds. The van der Waals surface area contributed by atoms with E-state index in [-0.39, 0.29) is 6.03 Å². The van der Waals surface area contributed by atoms with Crippen molar-refractivity contribution in [1.29, 1.82) is 0 Å². The molecule has 0 radical (unpaired) electrons. The lowest BCUT2D eigenvalue weighted by Crippen LogP contribution is -2.44. The van der Waals surface area contributed by atoms with Gasteiger partial charge in [0.1, 0.15) is 0 Å². The molecule has 2 N–H and O–H groups in total. The van der Waals surface area contributed by atoms with Crippen LogP contribution in [-0.2, 0) is 0 Å². The normalized spacial score (nSPS) is 26.5. The molecule has 1 rings (SSSR count). The molecule has 0 saturated heterocycles. The number of aliphatic hydroxyl groups is 1. The SMILES string of the molecule is CSC1CCC(NC(=O)N(C)CC(C)O)C1. The average molecular weight is 246 g/mol. The fraction of sp³-hybridized carbons (Fsp3) is 0.909. The van der Waals surface area contributed by atoms with Gasteiger partial charge < -0.3 is 15.3 Å². The Balaban J connectivity index is 2.29. The number of hydrogen-bond acceptors (Lipinski definition) is 3. The molecule has 1 saturated carbocycles. The van der Waals surface area contributed by atoms with Gasteiger partial charge in [-0.2, -0.15) is 11.8 Å². The molecular weight excluding hydrogens is 224 g/mol. The van der Waals surface area contributed by atoms with Crippen LogP contribution < -0.4 is 5.32 Å². The Morgan fingerprint density at radius 2 is 2.31 bits per heavy atom. The molecule has 0 spiro atoms. The highest BCUT2D eigenvalue weighted by Crippen LogP contribution is 2.28. The summed E-state index contributed by atoms with van der Waals surface area (Å²) in [6.07, 6.45) is 4.97. The lowest BCUT2D eigenvalue weighted by atomic mass is 10.2. The van der Waals surface area contributed by atoms with Crippen LogP contribution in [0.2, 0.25) is 0 Å². The maximum absolute atomic E-state index is 11.7. The van der Waals surface area contributed by atoms with E-state index in [4.69, 9.17) is 0 Å². The number of carbonyl (C=O) groups is 1. The lowest BCUT2D eigenvalue weighted by molar-refractivity contribution is 0.142. The topological polar surface area (TPSA) is 52.6 Å². The first-order valence-electron chi connectivity index (χ1n) is 5.75. The first kappa shape index (κ1) is 13.6. The molecule has 0 bridgehead atoms. The van der Waals surface area contributed by atoms with Gasteiger partial charge in [0.05, 0.1) is 6.10 Å². The zero-order chi connectivity index (χ0) is 12.1. The molecule has 1 aliphatic rings. The molecule has 5 heteroatoms. The number of nitrogens with one attached hydrogen (secondary N) is 1. The summed E-state index contributed by atoms with van der Waals surface area (Å²) < 4.78 is 0. The van der Waals surface area contributed by atoms with E-state index in [0.29, 0.717) is 17.8 Å². The van der Waals surface area contributed by atoms with Crippen molar-refractivity contribution in [2.75, 3.05) is 19.8 Å². The zero-order valence-corrected chi connectivity index (χ0v) is 11.1. The number of rotatable bonds is 4. The van der Waals surface area contributed by atoms with Crippen LogP contribution in [0, 0.1) is 0 Å². The van der Waals surface area contributed by atoms with Gasteiger partial charge in [0.15, 0.2) is 0 Å². The standard InChI is InChI=1S/C11H22N2O2S/c1-8(14)7-13(2)11(15)12-9-4-5-10(6-9)16-3/h8-10,14H,4-7H2,1-3H3,(H,12,15). The summed E-state index contributed by atoms with van der Waals surface area (Å²) in [6.45, 7) is 2.06. The first-order valence-corrected chi connectivity index (χ1v) is 7.04. The van der Waals surface area contributed by atoms with Gasteiger partial charge in [-0.15, -0.1) is 0 Å². The van der Waals surface area contributed by atoms with Gasteiger partial charge in [-0.1, -0.05) is 0 Å². The van der Waals surface area contributed by atoms with Crippen molar-refractivity contribution in [3.05, 3.63) is 0 Å². The quantitative estimate of drug-likeness (QED) is 0.786. The number of hydrogen-bond donors (Lipinski definition) is 2. The van der Waals surface area contributed by atoms with E-state index >= 15 is 0 Å². The summed E-state index contributed by atoms with van der Waals surface area (Å²) in [7, 11) is 1.71. The molecular formula is C11H22N2O2S. The molecule has 1 fully saturated rings. The van der Waals surface area contributed by atoms with E-state index in [2.05, 4.69) is 11.6 Å². The Bertz CT molecular complexity index is 236. The Hall–Kier alpha value is -0.420. The lowest BCUT2D eigenvalue weighted by Gasteiger charge is -2.22. The predicted molar refractivity (Wildman–Crippen MR) is 67.8 cm³/mol. The fourth-order valence-electron chi connectivity index (χ4n) is 2.05. The van der Waals surface area contributed by atoms with E-state index in [0.717, 1.165) is 12.8 Å². The molecule has 0 aromatic rings. The molecule has 3 unspecified atom stereocenters. The van der Waals surface area contributed by atoms with Gasteiger partial charge in [0, 0.05) is 24.9 Å². The summed E-state index contributed by atoms with van der Waals surface area (Å²) in [5.74, 6) is 0. The fourth-order valence-corrected chi connectivity index (χ4v) is 2.85. The van der Waals surface area contributed by atoms with E-state index in [1.165, 1.54) is 11.3 Å². The summed E-state index contributed by atoms with van der Waals surface area (Å²) >= 11 is 1.88. The summed E-state index contributed by atoms with van der Waals surface area (Å²) in [5, 5.41) is 12.9. The van der Waals surface area contributed by atoms with Gasteiger partial charge in [0.2, 0.25) is 0 Å². The third-order valence-electron chi connectivity index (χ3n) is 2.93. The molecule has 0 aliphatic heterocycles. The minimum atomic E-state index is -0.474. The van der Waals surface area contributed by atoms with Gasteiger partial charge in [-0.05, 0) is 32.4 Å². The van der Waals surface area contributed by atoms with Gasteiger partial charge >= 0.3 is 6.03 Å². The van der Waals surface area contributed by atoms with Gasteiger partial charge in [-0.25, -0.2) is 4.79 Å². The van der Waals surface area contributed by atoms with Crippen molar-refractivity contribution < 1.29 is 9.90 Å². The number of carbonyl (C=O) groups excluding carboxylic acids is 1. The number of amides is 2. The van der Waals surface area contributed by atoms with Crippen LogP contribution in [0.1, 0.15) is 26.2 Å². The smallest absolute Gasteiger partial charge is 0.317 e. The zero-order valence-electron chi connectivity index (χ0n) is 10.3. The molecule has 0 heterocycles. The van der Waals surface area contributed by atoms with Gasteiger partial charge in [-0.3, -0.25) is 0 Å². The Kier molecular flexibility index (Phi) is 5.41. The number of likely N-dealkylation sites (N-methyl/N-ethyl adjacent to an activating group) is 1. The van der Waals surface area contributed by atoms with Gasteiger partial charge in [0.25, 0.3) is 0 Å². The molecule has 16 heavy (non-hydrogen) atoms. The van der Waals surface area contributed by atoms with E-state index in [9.17, 15) is 9.90 Å². The third kappa shape index (κ3) is 4.22. The van der Waals surface area contributed by atoms with Crippen molar-refractivity contribution in [3.8, 4) is 0 Å². The highest BCUT2D eigenvalue weighted by molar-refractivity contribution is 7.99. The summed E-state index contributed by atoms with van der Waals surface area (Å²) in [6, 6.07) is 0.231. The monoisotopic (exact) mass is 246 g/mol. The van der Waals surface area contributed by atoms with Crippen molar-refractivity contribution >= 4 is 17.8 Å². The van der Waals surface area contributed by atoms with Crippen LogP contribution >= 0.6 is 11.8 Å². The van der Waals surface area contributed by atoms with Crippen LogP contribution in [0.5, 0.6) is 0 Å². The second-order valence-electron chi connectivity index (χ2n) is 4.55. The van der Waals surface area contributed by atoms with Crippen LogP contribution in [0.4, 0.5) is 4.79 Å². The molecule has 0 aromatic carbocycles. The minimum Gasteiger partial charge on any atom is -0.392 e. The van der Waals surface area contributed by atoms with Crippen molar-refractivity contribution in [2.45, 2.75) is 43.6 Å². The van der Waals surface area contributed by atoms with E-state index < -0.39 is 6.10 Å². The van der Waals surface area contributed by atoms with Crippen LogP contribution in [0.25, 0.3) is 0 Å². The first-order chi connectivity index (χ1) is 7.52. The maximum atomic E-state index is 11.7. The highest BCUT2D eigenvalue weighted by Gasteiger charge is 2.26. The second kappa shape index (κ2) is 6.35. The number of thioether (sulfide) groups is 1. The second-order valence-corrected chi connectivity index (χ2v) is 5.68. The van der Waals surface area contributed by atoms with Crippen molar-refractivity contribution in [1.82, 2.24) is 10.2 Å². The Morgan fingerprint density at radius 1 is 1.62 bits per heavy atom. The third-order valence-corrected chi connectivity index (χ3v) is 4.03. The maximum Gasteiger partial charge on any atom is 0.317 e. The van der Waals surface area contributed by atoms with Crippen molar-refractivity contribution in [2.24, 2.45) is 0 Å².